The summed E-state index contributed by atoms with van der Waals surface area (Å²) >= 11 is 0. The molecule has 0 saturated carbocycles. The van der Waals surface area contributed by atoms with Crippen LogP contribution in [0.1, 0.15) is 42.5 Å². The number of guanidine groups is 1. The first-order chi connectivity index (χ1) is 12.3. The van der Waals surface area contributed by atoms with Crippen LogP contribution in [0.25, 0.3) is 0 Å². The van der Waals surface area contributed by atoms with Gasteiger partial charge in [0, 0.05) is 32.6 Å². The molecule has 0 unspecified atom stereocenters. The van der Waals surface area contributed by atoms with Crippen molar-refractivity contribution in [3.05, 3.63) is 47.0 Å². The number of hydrogen-bond donors (Lipinski definition) is 1. The maximum absolute atomic E-state index is 4.87. The Labute approximate surface area is 149 Å². The van der Waals surface area contributed by atoms with Gasteiger partial charge in [0.1, 0.15) is 12.4 Å². The lowest BCUT2D eigenvalue weighted by molar-refractivity contribution is 0.378. The van der Waals surface area contributed by atoms with Crippen molar-refractivity contribution < 1.29 is 0 Å². The van der Waals surface area contributed by atoms with E-state index >= 15 is 0 Å². The Balaban J connectivity index is 1.51. The van der Waals surface area contributed by atoms with E-state index in [0.717, 1.165) is 56.6 Å². The topological polar surface area (TPSA) is 58.3 Å². The molecule has 2 aromatic rings. The van der Waals surface area contributed by atoms with Crippen LogP contribution in [0.3, 0.4) is 0 Å². The predicted octanol–water partition coefficient (Wildman–Crippen LogP) is 2.14. The van der Waals surface area contributed by atoms with Crippen molar-refractivity contribution in [2.45, 2.75) is 52.2 Å². The molecule has 1 aromatic heterocycles. The summed E-state index contributed by atoms with van der Waals surface area (Å²) in [5, 5.41) is 12.1. The van der Waals surface area contributed by atoms with Gasteiger partial charge in [-0.25, -0.2) is 4.99 Å². The third-order valence-electron chi connectivity index (χ3n) is 5.07. The molecular formula is C19H26N6. The molecule has 132 valence electrons. The van der Waals surface area contributed by atoms with Crippen LogP contribution in [0.2, 0.25) is 0 Å². The number of aryl methyl sites for hydroxylation is 1. The predicted molar refractivity (Wildman–Crippen MR) is 98.3 cm³/mol. The molecule has 0 saturated heterocycles. The van der Waals surface area contributed by atoms with Crippen LogP contribution in [0.15, 0.2) is 29.3 Å². The fourth-order valence-corrected chi connectivity index (χ4v) is 3.73. The maximum atomic E-state index is 4.87. The van der Waals surface area contributed by atoms with Crippen LogP contribution in [0, 0.1) is 0 Å². The minimum absolute atomic E-state index is 0.591. The number of fused-ring (bicyclic) bond motifs is 2. The first kappa shape index (κ1) is 16.1. The second-order valence-corrected chi connectivity index (χ2v) is 6.75. The lowest BCUT2D eigenvalue weighted by atomic mass is 10.0. The van der Waals surface area contributed by atoms with Gasteiger partial charge in [0.2, 0.25) is 0 Å². The lowest BCUT2D eigenvalue weighted by Crippen LogP contribution is -2.44. The molecule has 0 atom stereocenters. The minimum Gasteiger partial charge on any atom is -0.356 e. The number of nitrogens with zero attached hydrogens (tertiary/aromatic N) is 5. The van der Waals surface area contributed by atoms with Crippen LogP contribution in [-0.2, 0) is 32.5 Å². The standard InChI is InChI=1S/C19H26N6/c1-2-20-19(24-12-10-15-7-3-4-8-16(15)14-24)21-13-18-23-22-17-9-5-6-11-25(17)18/h3-4,7-8H,2,5-6,9-14H2,1H3,(H,20,21). The van der Waals surface area contributed by atoms with E-state index in [9.17, 15) is 0 Å². The molecule has 2 aliphatic heterocycles. The molecule has 0 fully saturated rings. The van der Waals surface area contributed by atoms with Crippen LogP contribution in [0.4, 0.5) is 0 Å². The van der Waals surface area contributed by atoms with E-state index in [1.165, 1.54) is 24.0 Å². The highest BCUT2D eigenvalue weighted by atomic mass is 15.3. The van der Waals surface area contributed by atoms with Gasteiger partial charge < -0.3 is 14.8 Å². The van der Waals surface area contributed by atoms with Gasteiger partial charge in [0.15, 0.2) is 11.8 Å². The van der Waals surface area contributed by atoms with E-state index in [2.05, 4.69) is 56.2 Å². The average Bonchev–Trinajstić information content (AvgIpc) is 3.08. The van der Waals surface area contributed by atoms with Crippen LogP contribution in [-0.4, -0.2) is 38.7 Å². The summed E-state index contributed by atoms with van der Waals surface area (Å²) in [6.45, 7) is 6.52. The summed E-state index contributed by atoms with van der Waals surface area (Å²) in [6.07, 6.45) is 4.54. The Hall–Kier alpha value is -2.37. The Kier molecular flexibility index (Phi) is 4.68. The number of nitrogens with one attached hydrogen (secondary N) is 1. The molecule has 0 radical (unpaired) electrons. The van der Waals surface area contributed by atoms with Gasteiger partial charge in [0.25, 0.3) is 0 Å². The van der Waals surface area contributed by atoms with E-state index in [4.69, 9.17) is 4.99 Å². The first-order valence-corrected chi connectivity index (χ1v) is 9.36. The molecule has 2 aliphatic rings. The summed E-state index contributed by atoms with van der Waals surface area (Å²) in [7, 11) is 0. The Morgan fingerprint density at radius 2 is 2.00 bits per heavy atom. The third-order valence-corrected chi connectivity index (χ3v) is 5.07. The second kappa shape index (κ2) is 7.25. The van der Waals surface area contributed by atoms with Gasteiger partial charge >= 0.3 is 0 Å². The number of benzene rings is 1. The zero-order valence-electron chi connectivity index (χ0n) is 14.9. The molecule has 0 spiro atoms. The number of aliphatic imine (C=N–C) groups is 1. The van der Waals surface area contributed by atoms with Gasteiger partial charge in [-0.15, -0.1) is 10.2 Å². The molecule has 0 amide bonds. The van der Waals surface area contributed by atoms with Crippen LogP contribution >= 0.6 is 0 Å². The van der Waals surface area contributed by atoms with Crippen molar-refractivity contribution in [3.63, 3.8) is 0 Å². The fraction of sp³-hybridized carbons (Fsp3) is 0.526. The Morgan fingerprint density at radius 1 is 1.12 bits per heavy atom. The number of aromatic nitrogens is 3. The highest BCUT2D eigenvalue weighted by molar-refractivity contribution is 5.80. The van der Waals surface area contributed by atoms with Gasteiger partial charge in [-0.3, -0.25) is 0 Å². The highest BCUT2D eigenvalue weighted by Crippen LogP contribution is 2.19. The summed E-state index contributed by atoms with van der Waals surface area (Å²) < 4.78 is 2.25. The molecule has 25 heavy (non-hydrogen) atoms. The number of rotatable bonds is 3. The molecule has 1 N–H and O–H groups in total. The van der Waals surface area contributed by atoms with Crippen molar-refractivity contribution in [1.29, 1.82) is 0 Å². The first-order valence-electron chi connectivity index (χ1n) is 9.36. The molecular weight excluding hydrogens is 312 g/mol. The summed E-state index contributed by atoms with van der Waals surface area (Å²) in [6, 6.07) is 8.70. The molecule has 6 heteroatoms. The molecule has 3 heterocycles. The second-order valence-electron chi connectivity index (χ2n) is 6.75. The Morgan fingerprint density at radius 3 is 2.88 bits per heavy atom. The smallest absolute Gasteiger partial charge is 0.194 e. The fourth-order valence-electron chi connectivity index (χ4n) is 3.73. The summed E-state index contributed by atoms with van der Waals surface area (Å²) in [5.74, 6) is 3.08. The quantitative estimate of drug-likeness (QED) is 0.688. The third kappa shape index (κ3) is 3.38. The average molecular weight is 338 g/mol. The SMILES string of the molecule is CCNC(=NCc1nnc2n1CCCC2)N1CCc2ccccc2C1. The lowest BCUT2D eigenvalue weighted by Gasteiger charge is -2.31. The van der Waals surface area contributed by atoms with Gasteiger partial charge in [-0.2, -0.15) is 0 Å². The normalized spacial score (nSPS) is 17.2. The minimum atomic E-state index is 0.591. The molecule has 6 nitrogen and oxygen atoms in total. The molecule has 4 rings (SSSR count). The molecule has 0 bridgehead atoms. The molecule has 0 aliphatic carbocycles. The van der Waals surface area contributed by atoms with E-state index < -0.39 is 0 Å². The van der Waals surface area contributed by atoms with Crippen molar-refractivity contribution >= 4 is 5.96 Å². The largest absolute Gasteiger partial charge is 0.356 e. The van der Waals surface area contributed by atoms with Gasteiger partial charge in [-0.1, -0.05) is 24.3 Å². The van der Waals surface area contributed by atoms with Gasteiger partial charge in [-0.05, 0) is 37.3 Å². The highest BCUT2D eigenvalue weighted by Gasteiger charge is 2.20. The maximum Gasteiger partial charge on any atom is 0.194 e. The van der Waals surface area contributed by atoms with Crippen molar-refractivity contribution in [2.24, 2.45) is 4.99 Å². The van der Waals surface area contributed by atoms with Crippen LogP contribution in [0.5, 0.6) is 0 Å². The number of hydrogen-bond acceptors (Lipinski definition) is 3. The van der Waals surface area contributed by atoms with E-state index in [-0.39, 0.29) is 0 Å². The van der Waals surface area contributed by atoms with Crippen LogP contribution < -0.4 is 5.32 Å². The summed E-state index contributed by atoms with van der Waals surface area (Å²) in [4.78, 5) is 7.22. The van der Waals surface area contributed by atoms with E-state index in [0.29, 0.717) is 6.54 Å². The monoisotopic (exact) mass is 338 g/mol. The van der Waals surface area contributed by atoms with Crippen molar-refractivity contribution in [1.82, 2.24) is 25.0 Å². The van der Waals surface area contributed by atoms with Crippen molar-refractivity contribution in [2.75, 3.05) is 13.1 Å². The van der Waals surface area contributed by atoms with E-state index in [1.807, 2.05) is 0 Å². The Bertz CT molecular complexity index is 763. The van der Waals surface area contributed by atoms with Gasteiger partial charge in [0.05, 0.1) is 0 Å². The summed E-state index contributed by atoms with van der Waals surface area (Å²) in [5.41, 5.74) is 2.86. The zero-order valence-corrected chi connectivity index (χ0v) is 14.9. The van der Waals surface area contributed by atoms with E-state index in [1.54, 1.807) is 0 Å². The zero-order chi connectivity index (χ0) is 17.1. The van der Waals surface area contributed by atoms with Crippen molar-refractivity contribution in [3.8, 4) is 0 Å². The molecule has 1 aromatic carbocycles.